The second-order valence-corrected chi connectivity index (χ2v) is 8.83. The summed E-state index contributed by atoms with van der Waals surface area (Å²) >= 11 is 1.65. The van der Waals surface area contributed by atoms with E-state index in [2.05, 4.69) is 53.4 Å². The standard InChI is InChI=1S/C23H22N4S/c1-16-8-9-17(24-15-16)10-11-18-12-13-19(28-18)21-22(26-23(2,3)4)27-14-6-5-7-20(27)25-21/h5-9,12-15,26H,1-4H3. The maximum Gasteiger partial charge on any atom is 0.140 e. The smallest absolute Gasteiger partial charge is 0.140 e. The molecule has 4 aromatic rings. The number of aromatic nitrogens is 3. The van der Waals surface area contributed by atoms with Crippen LogP contribution in [0.2, 0.25) is 0 Å². The highest BCUT2D eigenvalue weighted by molar-refractivity contribution is 7.16. The van der Waals surface area contributed by atoms with E-state index >= 15 is 0 Å². The van der Waals surface area contributed by atoms with Gasteiger partial charge < -0.3 is 5.32 Å². The predicted octanol–water partition coefficient (Wildman–Crippen LogP) is 5.38. The minimum absolute atomic E-state index is 0.0719. The van der Waals surface area contributed by atoms with Crippen LogP contribution in [0.1, 0.15) is 36.9 Å². The molecule has 4 heterocycles. The molecular weight excluding hydrogens is 364 g/mol. The summed E-state index contributed by atoms with van der Waals surface area (Å²) < 4.78 is 2.10. The summed E-state index contributed by atoms with van der Waals surface area (Å²) in [5.74, 6) is 7.37. The number of imidazole rings is 1. The van der Waals surface area contributed by atoms with E-state index in [1.807, 2.05) is 55.7 Å². The first-order valence-corrected chi connectivity index (χ1v) is 10.0. The molecule has 0 radical (unpaired) electrons. The average Bonchev–Trinajstić information content (AvgIpc) is 3.25. The van der Waals surface area contributed by atoms with Gasteiger partial charge in [0, 0.05) is 17.9 Å². The fourth-order valence-electron chi connectivity index (χ4n) is 2.84. The molecule has 0 fully saturated rings. The number of anilines is 1. The van der Waals surface area contributed by atoms with Gasteiger partial charge in [0.1, 0.15) is 22.9 Å². The summed E-state index contributed by atoms with van der Waals surface area (Å²) in [6.45, 7) is 8.48. The Kier molecular flexibility index (Phi) is 4.66. The number of aryl methyl sites for hydroxylation is 1. The zero-order valence-electron chi connectivity index (χ0n) is 16.4. The molecule has 0 saturated heterocycles. The molecule has 140 valence electrons. The fourth-order valence-corrected chi connectivity index (χ4v) is 3.69. The number of rotatable bonds is 2. The van der Waals surface area contributed by atoms with Gasteiger partial charge in [0.25, 0.3) is 0 Å². The van der Waals surface area contributed by atoms with Crippen LogP contribution in [0.25, 0.3) is 16.2 Å². The third kappa shape index (κ3) is 3.92. The van der Waals surface area contributed by atoms with Crippen molar-refractivity contribution in [2.75, 3.05) is 5.32 Å². The van der Waals surface area contributed by atoms with Gasteiger partial charge in [-0.2, -0.15) is 0 Å². The molecule has 4 rings (SSSR count). The van der Waals surface area contributed by atoms with Crippen LogP contribution in [0, 0.1) is 18.8 Å². The third-order valence-corrected chi connectivity index (χ3v) is 5.10. The number of hydrogen-bond acceptors (Lipinski definition) is 4. The molecule has 0 atom stereocenters. The van der Waals surface area contributed by atoms with Crippen molar-refractivity contribution in [1.82, 2.24) is 14.4 Å². The molecule has 0 aliphatic rings. The van der Waals surface area contributed by atoms with Gasteiger partial charge >= 0.3 is 0 Å². The third-order valence-electron chi connectivity index (χ3n) is 4.09. The van der Waals surface area contributed by atoms with Crippen molar-refractivity contribution >= 4 is 22.8 Å². The maximum absolute atomic E-state index is 4.86. The molecule has 0 saturated carbocycles. The van der Waals surface area contributed by atoms with E-state index in [1.165, 1.54) is 0 Å². The molecular formula is C23H22N4S. The molecule has 4 nitrogen and oxygen atoms in total. The van der Waals surface area contributed by atoms with E-state index in [-0.39, 0.29) is 5.54 Å². The van der Waals surface area contributed by atoms with E-state index in [0.29, 0.717) is 0 Å². The van der Waals surface area contributed by atoms with Crippen LogP contribution in [-0.2, 0) is 0 Å². The molecule has 0 bridgehead atoms. The lowest BCUT2D eigenvalue weighted by Crippen LogP contribution is -2.27. The van der Waals surface area contributed by atoms with E-state index in [1.54, 1.807) is 11.3 Å². The minimum Gasteiger partial charge on any atom is -0.365 e. The number of hydrogen-bond donors (Lipinski definition) is 1. The topological polar surface area (TPSA) is 42.2 Å². The van der Waals surface area contributed by atoms with E-state index in [0.717, 1.165) is 38.2 Å². The maximum atomic E-state index is 4.86. The Bertz CT molecular complexity index is 1180. The van der Waals surface area contributed by atoms with E-state index < -0.39 is 0 Å². The van der Waals surface area contributed by atoms with Gasteiger partial charge in [-0.05, 0) is 75.4 Å². The SMILES string of the molecule is Cc1ccc(C#Cc2ccc(-c3nc4ccccn4c3NC(C)(C)C)s2)nc1. The van der Waals surface area contributed by atoms with Crippen molar-refractivity contribution < 1.29 is 0 Å². The summed E-state index contributed by atoms with van der Waals surface area (Å²) in [5.41, 5.74) is 3.72. The minimum atomic E-state index is -0.0719. The number of nitrogens with zero attached hydrogens (tertiary/aromatic N) is 3. The highest BCUT2D eigenvalue weighted by Crippen LogP contribution is 2.34. The van der Waals surface area contributed by atoms with E-state index in [9.17, 15) is 0 Å². The van der Waals surface area contributed by atoms with Crippen LogP contribution in [0.15, 0.2) is 54.9 Å². The number of pyridine rings is 2. The Morgan fingerprint density at radius 2 is 1.89 bits per heavy atom. The summed E-state index contributed by atoms with van der Waals surface area (Å²) in [4.78, 5) is 11.3. The zero-order valence-corrected chi connectivity index (χ0v) is 17.3. The molecule has 5 heteroatoms. The van der Waals surface area contributed by atoms with Crippen LogP contribution in [0.5, 0.6) is 0 Å². The van der Waals surface area contributed by atoms with Gasteiger partial charge in [-0.15, -0.1) is 11.3 Å². The second kappa shape index (κ2) is 7.14. The van der Waals surface area contributed by atoms with Crippen molar-refractivity contribution in [3.8, 4) is 22.4 Å². The molecule has 0 aliphatic carbocycles. The second-order valence-electron chi connectivity index (χ2n) is 7.75. The van der Waals surface area contributed by atoms with Crippen molar-refractivity contribution in [1.29, 1.82) is 0 Å². The Labute approximate surface area is 169 Å². The van der Waals surface area contributed by atoms with Crippen molar-refractivity contribution in [3.63, 3.8) is 0 Å². The molecule has 0 amide bonds. The monoisotopic (exact) mass is 386 g/mol. The van der Waals surface area contributed by atoms with E-state index in [4.69, 9.17) is 4.98 Å². The summed E-state index contributed by atoms with van der Waals surface area (Å²) in [7, 11) is 0. The average molecular weight is 387 g/mol. The Balaban J connectivity index is 1.71. The zero-order chi connectivity index (χ0) is 19.7. The van der Waals surface area contributed by atoms with Crippen molar-refractivity contribution in [2.24, 2.45) is 0 Å². The largest absolute Gasteiger partial charge is 0.365 e. The number of thiophene rings is 1. The van der Waals surface area contributed by atoms with Crippen molar-refractivity contribution in [2.45, 2.75) is 33.2 Å². The quantitative estimate of drug-likeness (QED) is 0.471. The lowest BCUT2D eigenvalue weighted by atomic mass is 10.1. The highest BCUT2D eigenvalue weighted by atomic mass is 32.1. The molecule has 28 heavy (non-hydrogen) atoms. The lowest BCUT2D eigenvalue weighted by Gasteiger charge is -2.22. The first-order valence-electron chi connectivity index (χ1n) is 9.19. The molecule has 0 aliphatic heterocycles. The fraction of sp³-hybridized carbons (Fsp3) is 0.217. The molecule has 0 aromatic carbocycles. The Hall–Kier alpha value is -3.10. The lowest BCUT2D eigenvalue weighted by molar-refractivity contribution is 0.630. The van der Waals surface area contributed by atoms with Gasteiger partial charge in [0.15, 0.2) is 0 Å². The van der Waals surface area contributed by atoms with Gasteiger partial charge in [-0.3, -0.25) is 4.40 Å². The Morgan fingerprint density at radius 3 is 2.64 bits per heavy atom. The van der Waals surface area contributed by atoms with Gasteiger partial charge in [0.05, 0.1) is 9.75 Å². The van der Waals surface area contributed by atoms with Crippen LogP contribution in [0.3, 0.4) is 0 Å². The van der Waals surface area contributed by atoms with Crippen LogP contribution >= 0.6 is 11.3 Å². The highest BCUT2D eigenvalue weighted by Gasteiger charge is 2.20. The predicted molar refractivity (Wildman–Crippen MR) is 117 cm³/mol. The number of nitrogens with one attached hydrogen (secondary N) is 1. The normalized spacial score (nSPS) is 11.3. The van der Waals surface area contributed by atoms with Gasteiger partial charge in [-0.1, -0.05) is 12.1 Å². The molecule has 0 unspecified atom stereocenters. The summed E-state index contributed by atoms with van der Waals surface area (Å²) in [6.07, 6.45) is 3.88. The molecule has 0 spiro atoms. The summed E-state index contributed by atoms with van der Waals surface area (Å²) in [5, 5.41) is 3.60. The molecule has 4 aromatic heterocycles. The first-order chi connectivity index (χ1) is 13.4. The van der Waals surface area contributed by atoms with Crippen LogP contribution in [-0.4, -0.2) is 19.9 Å². The van der Waals surface area contributed by atoms with Crippen LogP contribution in [0.4, 0.5) is 5.82 Å². The van der Waals surface area contributed by atoms with Crippen LogP contribution < -0.4 is 5.32 Å². The first kappa shape index (κ1) is 18.3. The van der Waals surface area contributed by atoms with Gasteiger partial charge in [-0.25, -0.2) is 9.97 Å². The number of fused-ring (bicyclic) bond motifs is 1. The van der Waals surface area contributed by atoms with Gasteiger partial charge in [0.2, 0.25) is 0 Å². The molecule has 1 N–H and O–H groups in total. The van der Waals surface area contributed by atoms with Crippen molar-refractivity contribution in [3.05, 3.63) is 71.0 Å². The Morgan fingerprint density at radius 1 is 1.04 bits per heavy atom. The summed E-state index contributed by atoms with van der Waals surface area (Å²) in [6, 6.07) is 14.2.